The van der Waals surface area contributed by atoms with Gasteiger partial charge in [0.15, 0.2) is 0 Å². The van der Waals surface area contributed by atoms with Crippen molar-refractivity contribution in [3.8, 4) is 0 Å². The second-order valence-corrected chi connectivity index (χ2v) is 3.49. The predicted octanol–water partition coefficient (Wildman–Crippen LogP) is -0.210. The summed E-state index contributed by atoms with van der Waals surface area (Å²) in [6.45, 7) is 4.72. The lowest BCUT2D eigenvalue weighted by atomic mass is 10.1. The fraction of sp³-hybridized carbons (Fsp3) is 1.00. The van der Waals surface area contributed by atoms with Gasteiger partial charge in [-0.2, -0.15) is 0 Å². The number of hydrogen-bond acceptors (Lipinski definition) is 3. The molecule has 1 heterocycles. The van der Waals surface area contributed by atoms with E-state index in [0.717, 1.165) is 32.5 Å². The zero-order chi connectivity index (χ0) is 8.27. The molecule has 0 bridgehead atoms. The zero-order valence-corrected chi connectivity index (χ0v) is 7.16. The van der Waals surface area contributed by atoms with Crippen LogP contribution in [0.1, 0.15) is 19.8 Å². The van der Waals surface area contributed by atoms with Crippen molar-refractivity contribution in [3.63, 3.8) is 0 Å². The minimum Gasteiger partial charge on any atom is -0.392 e. The summed E-state index contributed by atoms with van der Waals surface area (Å²) >= 11 is 0. The Balaban J connectivity index is 2.17. The molecule has 0 aliphatic carbocycles. The number of β-amino-alcohol motifs (C(OH)–C–C–N with tert-alkyl or cyclic N) is 1. The average molecular weight is 158 g/mol. The Hall–Kier alpha value is -0.120. The van der Waals surface area contributed by atoms with Crippen molar-refractivity contribution >= 4 is 0 Å². The van der Waals surface area contributed by atoms with Gasteiger partial charge in [-0.15, -0.1) is 0 Å². The van der Waals surface area contributed by atoms with Gasteiger partial charge in [0.2, 0.25) is 0 Å². The molecule has 3 N–H and O–H groups in total. The highest BCUT2D eigenvalue weighted by Crippen LogP contribution is 2.07. The molecule has 0 aromatic heterocycles. The quantitative estimate of drug-likeness (QED) is 0.584. The summed E-state index contributed by atoms with van der Waals surface area (Å²) in [5.74, 6) is 0. The fourth-order valence-corrected chi connectivity index (χ4v) is 1.51. The molecule has 1 saturated heterocycles. The maximum Gasteiger partial charge on any atom is 0.0639 e. The second kappa shape index (κ2) is 4.04. The average Bonchev–Trinajstić information content (AvgIpc) is 1.93. The molecule has 0 aromatic carbocycles. The SMILES string of the molecule is C[C@@H](O)CN1CCC(N)CC1. The summed E-state index contributed by atoms with van der Waals surface area (Å²) in [5.41, 5.74) is 5.74. The molecule has 3 nitrogen and oxygen atoms in total. The van der Waals surface area contributed by atoms with Gasteiger partial charge < -0.3 is 15.7 Å². The fourth-order valence-electron chi connectivity index (χ4n) is 1.51. The summed E-state index contributed by atoms with van der Waals surface area (Å²) in [4.78, 5) is 2.27. The molecule has 0 amide bonds. The maximum atomic E-state index is 9.10. The highest BCUT2D eigenvalue weighted by atomic mass is 16.3. The Morgan fingerprint density at radius 1 is 1.55 bits per heavy atom. The third kappa shape index (κ3) is 3.18. The number of nitrogens with zero attached hydrogens (tertiary/aromatic N) is 1. The predicted molar refractivity (Wildman–Crippen MR) is 45.3 cm³/mol. The zero-order valence-electron chi connectivity index (χ0n) is 7.16. The Morgan fingerprint density at radius 3 is 2.55 bits per heavy atom. The van der Waals surface area contributed by atoms with Crippen LogP contribution in [0.2, 0.25) is 0 Å². The molecule has 1 aliphatic rings. The van der Waals surface area contributed by atoms with Crippen molar-refractivity contribution in [1.82, 2.24) is 4.90 Å². The molecule has 0 aromatic rings. The van der Waals surface area contributed by atoms with Crippen LogP contribution in [0.4, 0.5) is 0 Å². The van der Waals surface area contributed by atoms with Crippen LogP contribution >= 0.6 is 0 Å². The summed E-state index contributed by atoms with van der Waals surface area (Å²) in [5, 5.41) is 9.10. The number of rotatable bonds is 2. The van der Waals surface area contributed by atoms with E-state index in [1.54, 1.807) is 0 Å². The summed E-state index contributed by atoms with van der Waals surface area (Å²) in [7, 11) is 0. The van der Waals surface area contributed by atoms with Gasteiger partial charge in [0, 0.05) is 12.6 Å². The number of piperidine rings is 1. The van der Waals surface area contributed by atoms with Gasteiger partial charge in [-0.3, -0.25) is 0 Å². The molecule has 1 rings (SSSR count). The number of likely N-dealkylation sites (tertiary alicyclic amines) is 1. The van der Waals surface area contributed by atoms with Gasteiger partial charge in [0.25, 0.3) is 0 Å². The van der Waals surface area contributed by atoms with E-state index >= 15 is 0 Å². The number of hydrogen-bond donors (Lipinski definition) is 2. The van der Waals surface area contributed by atoms with Gasteiger partial charge in [0.05, 0.1) is 6.10 Å². The van der Waals surface area contributed by atoms with Gasteiger partial charge in [-0.1, -0.05) is 0 Å². The third-order valence-electron chi connectivity index (χ3n) is 2.15. The standard InChI is InChI=1S/C8H18N2O/c1-7(11)6-10-4-2-8(9)3-5-10/h7-8,11H,2-6,9H2,1H3/t7-/m1/s1. The molecule has 0 unspecified atom stereocenters. The summed E-state index contributed by atoms with van der Waals surface area (Å²) in [6, 6.07) is 0.389. The first-order valence-corrected chi connectivity index (χ1v) is 4.34. The normalized spacial score (nSPS) is 25.4. The Morgan fingerprint density at radius 2 is 2.09 bits per heavy atom. The molecule has 3 heteroatoms. The Kier molecular flexibility index (Phi) is 3.30. The van der Waals surface area contributed by atoms with E-state index in [-0.39, 0.29) is 6.10 Å². The molecule has 11 heavy (non-hydrogen) atoms. The van der Waals surface area contributed by atoms with Crippen LogP contribution in [0.15, 0.2) is 0 Å². The van der Waals surface area contributed by atoms with Gasteiger partial charge in [0.1, 0.15) is 0 Å². The van der Waals surface area contributed by atoms with E-state index in [0.29, 0.717) is 6.04 Å². The van der Waals surface area contributed by atoms with Crippen LogP contribution < -0.4 is 5.73 Å². The Labute approximate surface area is 68.2 Å². The van der Waals surface area contributed by atoms with E-state index in [9.17, 15) is 0 Å². The third-order valence-corrected chi connectivity index (χ3v) is 2.15. The van der Waals surface area contributed by atoms with Crippen molar-refractivity contribution in [2.45, 2.75) is 31.9 Å². The van der Waals surface area contributed by atoms with Crippen LogP contribution in [-0.2, 0) is 0 Å². The second-order valence-electron chi connectivity index (χ2n) is 3.49. The van der Waals surface area contributed by atoms with Gasteiger partial charge in [-0.05, 0) is 32.9 Å². The Bertz CT molecular complexity index is 109. The highest BCUT2D eigenvalue weighted by Gasteiger charge is 2.16. The van der Waals surface area contributed by atoms with E-state index in [1.165, 1.54) is 0 Å². The topological polar surface area (TPSA) is 49.5 Å². The van der Waals surface area contributed by atoms with Crippen LogP contribution in [-0.4, -0.2) is 41.8 Å². The molecule has 0 radical (unpaired) electrons. The first kappa shape index (κ1) is 8.97. The van der Waals surface area contributed by atoms with Crippen molar-refractivity contribution < 1.29 is 5.11 Å². The highest BCUT2D eigenvalue weighted by molar-refractivity contribution is 4.74. The van der Waals surface area contributed by atoms with Crippen molar-refractivity contribution in [2.75, 3.05) is 19.6 Å². The van der Waals surface area contributed by atoms with Crippen LogP contribution in [0.5, 0.6) is 0 Å². The van der Waals surface area contributed by atoms with E-state index < -0.39 is 0 Å². The molecule has 66 valence electrons. The van der Waals surface area contributed by atoms with E-state index in [4.69, 9.17) is 10.8 Å². The summed E-state index contributed by atoms with van der Waals surface area (Å²) in [6.07, 6.45) is 1.95. The minimum atomic E-state index is -0.204. The molecule has 1 atom stereocenters. The lowest BCUT2D eigenvalue weighted by Crippen LogP contribution is -2.42. The van der Waals surface area contributed by atoms with Crippen LogP contribution in [0.3, 0.4) is 0 Å². The molecule has 1 fully saturated rings. The minimum absolute atomic E-state index is 0.204. The van der Waals surface area contributed by atoms with Crippen LogP contribution in [0, 0.1) is 0 Å². The van der Waals surface area contributed by atoms with Crippen molar-refractivity contribution in [1.29, 1.82) is 0 Å². The largest absolute Gasteiger partial charge is 0.392 e. The molecular weight excluding hydrogens is 140 g/mol. The smallest absolute Gasteiger partial charge is 0.0639 e. The number of aliphatic hydroxyl groups excluding tert-OH is 1. The number of nitrogens with two attached hydrogens (primary N) is 1. The van der Waals surface area contributed by atoms with Crippen molar-refractivity contribution in [3.05, 3.63) is 0 Å². The lowest BCUT2D eigenvalue weighted by molar-refractivity contribution is 0.110. The molecule has 0 spiro atoms. The summed E-state index contributed by atoms with van der Waals surface area (Å²) < 4.78 is 0. The molecule has 1 aliphatic heterocycles. The van der Waals surface area contributed by atoms with E-state index in [2.05, 4.69) is 4.90 Å². The first-order valence-electron chi connectivity index (χ1n) is 4.34. The molecular formula is C8H18N2O. The first-order chi connectivity index (χ1) is 5.18. The molecule has 0 saturated carbocycles. The monoisotopic (exact) mass is 158 g/mol. The van der Waals surface area contributed by atoms with Gasteiger partial charge >= 0.3 is 0 Å². The van der Waals surface area contributed by atoms with E-state index in [1.807, 2.05) is 6.92 Å². The van der Waals surface area contributed by atoms with Gasteiger partial charge in [-0.25, -0.2) is 0 Å². The van der Waals surface area contributed by atoms with Crippen LogP contribution in [0.25, 0.3) is 0 Å². The van der Waals surface area contributed by atoms with Crippen molar-refractivity contribution in [2.24, 2.45) is 5.73 Å². The lowest BCUT2D eigenvalue weighted by Gasteiger charge is -2.30. The number of aliphatic hydroxyl groups is 1. The maximum absolute atomic E-state index is 9.10.